The first-order chi connectivity index (χ1) is 11.9. The Morgan fingerprint density at radius 2 is 2.19 bits per heavy atom. The molecule has 2 heterocycles. The second kappa shape index (κ2) is 9.57. The van der Waals surface area contributed by atoms with Crippen LogP contribution in [0, 0.1) is 5.92 Å². The maximum absolute atomic E-state index is 12.9. The second-order valence-corrected chi connectivity index (χ2v) is 8.95. The molecule has 0 amide bonds. The van der Waals surface area contributed by atoms with Gasteiger partial charge in [-0.25, -0.2) is 13.1 Å². The van der Waals surface area contributed by atoms with Gasteiger partial charge >= 0.3 is 0 Å². The average molecular weight is 425 g/mol. The van der Waals surface area contributed by atoms with E-state index in [-0.39, 0.29) is 23.3 Å². The van der Waals surface area contributed by atoms with Crippen LogP contribution >= 0.6 is 24.0 Å². The Hall–Kier alpha value is -0.570. The molecule has 3 rings (SSSR count). The van der Waals surface area contributed by atoms with E-state index < -0.39 is 10.0 Å². The van der Waals surface area contributed by atoms with Gasteiger partial charge in [-0.05, 0) is 50.9 Å². The van der Waals surface area contributed by atoms with Crippen molar-refractivity contribution in [3.8, 4) is 5.75 Å². The highest BCUT2D eigenvalue weighted by Gasteiger charge is 2.27. The first-order valence-electron chi connectivity index (χ1n) is 8.70. The van der Waals surface area contributed by atoms with Gasteiger partial charge in [0.2, 0.25) is 10.0 Å². The molecule has 0 spiro atoms. The van der Waals surface area contributed by atoms with E-state index in [2.05, 4.69) is 17.0 Å². The Balaban J connectivity index is 0.00000243. The largest absolute Gasteiger partial charge is 0.492 e. The van der Waals surface area contributed by atoms with Gasteiger partial charge < -0.3 is 14.8 Å². The lowest BCUT2D eigenvalue weighted by Gasteiger charge is -2.28. The number of rotatable bonds is 6. The lowest BCUT2D eigenvalue weighted by molar-refractivity contribution is 0.166. The summed E-state index contributed by atoms with van der Waals surface area (Å²) in [4.78, 5) is 0.102. The van der Waals surface area contributed by atoms with Gasteiger partial charge in [0.15, 0.2) is 0 Å². The van der Waals surface area contributed by atoms with Crippen LogP contribution in [0.5, 0.6) is 5.75 Å². The summed E-state index contributed by atoms with van der Waals surface area (Å²) in [6.45, 7) is 4.68. The summed E-state index contributed by atoms with van der Waals surface area (Å²) in [7, 11) is -3.70. The highest BCUT2D eigenvalue weighted by atomic mass is 35.5. The predicted octanol–water partition coefficient (Wildman–Crippen LogP) is 2.60. The van der Waals surface area contributed by atoms with Crippen LogP contribution in [0.3, 0.4) is 0 Å². The van der Waals surface area contributed by atoms with Crippen molar-refractivity contribution in [1.82, 2.24) is 10.0 Å². The molecule has 26 heavy (non-hydrogen) atoms. The lowest BCUT2D eigenvalue weighted by atomic mass is 10.0. The van der Waals surface area contributed by atoms with Crippen molar-refractivity contribution in [3.63, 3.8) is 0 Å². The second-order valence-electron chi connectivity index (χ2n) is 6.83. The lowest BCUT2D eigenvalue weighted by Crippen LogP contribution is -2.46. The third-order valence-electron chi connectivity index (χ3n) is 4.64. The van der Waals surface area contributed by atoms with E-state index in [1.165, 1.54) is 6.07 Å². The summed E-state index contributed by atoms with van der Waals surface area (Å²) >= 11 is 6.04. The smallest absolute Gasteiger partial charge is 0.244 e. The zero-order chi connectivity index (χ0) is 17.9. The third kappa shape index (κ3) is 5.71. The van der Waals surface area contributed by atoms with Gasteiger partial charge in [0.25, 0.3) is 0 Å². The molecular formula is C17H26Cl2N2O4S. The van der Waals surface area contributed by atoms with E-state index in [1.54, 1.807) is 12.1 Å². The van der Waals surface area contributed by atoms with E-state index in [0.717, 1.165) is 32.4 Å². The molecule has 0 bridgehead atoms. The fourth-order valence-corrected chi connectivity index (χ4v) is 4.95. The van der Waals surface area contributed by atoms with E-state index in [0.29, 0.717) is 35.9 Å². The molecule has 148 valence electrons. The van der Waals surface area contributed by atoms with Crippen molar-refractivity contribution in [1.29, 1.82) is 0 Å². The van der Waals surface area contributed by atoms with E-state index in [4.69, 9.17) is 21.1 Å². The summed E-state index contributed by atoms with van der Waals surface area (Å²) in [5, 5.41) is 3.69. The van der Waals surface area contributed by atoms with Crippen molar-refractivity contribution in [2.75, 3.05) is 26.4 Å². The molecule has 1 aromatic rings. The monoisotopic (exact) mass is 424 g/mol. The quantitative estimate of drug-likeness (QED) is 0.733. The van der Waals surface area contributed by atoms with Crippen LogP contribution in [0.25, 0.3) is 0 Å². The van der Waals surface area contributed by atoms with Gasteiger partial charge in [0.1, 0.15) is 10.6 Å². The Morgan fingerprint density at radius 1 is 1.38 bits per heavy atom. The van der Waals surface area contributed by atoms with Crippen LogP contribution in [-0.4, -0.2) is 46.9 Å². The summed E-state index contributed by atoms with van der Waals surface area (Å²) in [5.74, 6) is 0.634. The van der Waals surface area contributed by atoms with Crippen LogP contribution in [0.1, 0.15) is 26.2 Å². The number of nitrogens with one attached hydrogen (secondary N) is 2. The topological polar surface area (TPSA) is 76.7 Å². The number of hydrogen-bond donors (Lipinski definition) is 2. The molecule has 0 radical (unpaired) electrons. The van der Waals surface area contributed by atoms with Crippen LogP contribution in [0.2, 0.25) is 5.02 Å². The minimum Gasteiger partial charge on any atom is -0.492 e. The molecule has 9 heteroatoms. The molecule has 3 atom stereocenters. The Morgan fingerprint density at radius 3 is 2.88 bits per heavy atom. The van der Waals surface area contributed by atoms with Crippen molar-refractivity contribution in [2.24, 2.45) is 5.92 Å². The average Bonchev–Trinajstić information content (AvgIpc) is 3.06. The number of sulfonamides is 1. The van der Waals surface area contributed by atoms with E-state index >= 15 is 0 Å². The Bertz CT molecular complexity index is 696. The minimum absolute atomic E-state index is 0. The van der Waals surface area contributed by atoms with Crippen LogP contribution in [-0.2, 0) is 14.8 Å². The van der Waals surface area contributed by atoms with Gasteiger partial charge in [0.05, 0.1) is 13.2 Å². The normalized spacial score (nSPS) is 26.3. The molecule has 1 aromatic carbocycles. The zero-order valence-corrected chi connectivity index (χ0v) is 17.1. The molecule has 2 saturated heterocycles. The molecule has 6 nitrogen and oxygen atoms in total. The number of ether oxygens (including phenoxy) is 2. The summed E-state index contributed by atoms with van der Waals surface area (Å²) in [6, 6.07) is 4.93. The number of piperidine rings is 1. The summed E-state index contributed by atoms with van der Waals surface area (Å²) < 4.78 is 39.7. The maximum Gasteiger partial charge on any atom is 0.244 e. The molecule has 3 unspecified atom stereocenters. The van der Waals surface area contributed by atoms with Gasteiger partial charge in [0, 0.05) is 29.6 Å². The number of halogens is 2. The maximum atomic E-state index is 12.9. The number of benzene rings is 1. The fraction of sp³-hybridized carbons (Fsp3) is 0.647. The van der Waals surface area contributed by atoms with Crippen LogP contribution < -0.4 is 14.8 Å². The van der Waals surface area contributed by atoms with Gasteiger partial charge in [-0.2, -0.15) is 0 Å². The summed E-state index contributed by atoms with van der Waals surface area (Å²) in [6.07, 6.45) is 2.45. The first-order valence-corrected chi connectivity index (χ1v) is 10.6. The van der Waals surface area contributed by atoms with Gasteiger partial charge in [-0.3, -0.25) is 0 Å². The molecule has 0 aliphatic carbocycles. The molecule has 2 N–H and O–H groups in total. The zero-order valence-electron chi connectivity index (χ0n) is 14.7. The fourth-order valence-electron chi connectivity index (χ4n) is 3.26. The molecule has 0 saturated carbocycles. The van der Waals surface area contributed by atoms with Crippen molar-refractivity contribution >= 4 is 34.0 Å². The van der Waals surface area contributed by atoms with Crippen molar-refractivity contribution in [3.05, 3.63) is 23.2 Å². The van der Waals surface area contributed by atoms with Crippen molar-refractivity contribution < 1.29 is 17.9 Å². The highest BCUT2D eigenvalue weighted by molar-refractivity contribution is 7.89. The number of hydrogen-bond acceptors (Lipinski definition) is 5. The first kappa shape index (κ1) is 21.7. The molecule has 0 aromatic heterocycles. The molecule has 2 fully saturated rings. The van der Waals surface area contributed by atoms with Gasteiger partial charge in [-0.15, -0.1) is 12.4 Å². The minimum atomic E-state index is -3.70. The predicted molar refractivity (Wildman–Crippen MR) is 104 cm³/mol. The Kier molecular flexibility index (Phi) is 8.00. The van der Waals surface area contributed by atoms with E-state index in [1.807, 2.05) is 0 Å². The SMILES string of the molecule is CC1CC(NS(=O)(=O)c2cc(Cl)ccc2OCC2CCOC2)CCN1.Cl. The van der Waals surface area contributed by atoms with Crippen molar-refractivity contribution in [2.45, 2.75) is 43.2 Å². The molecule has 2 aliphatic heterocycles. The molecule has 2 aliphatic rings. The van der Waals surface area contributed by atoms with E-state index in [9.17, 15) is 8.42 Å². The Labute approximate surface area is 166 Å². The van der Waals surface area contributed by atoms with Crippen LogP contribution in [0.15, 0.2) is 23.1 Å². The highest BCUT2D eigenvalue weighted by Crippen LogP contribution is 2.29. The third-order valence-corrected chi connectivity index (χ3v) is 6.42. The summed E-state index contributed by atoms with van der Waals surface area (Å²) in [5.41, 5.74) is 0. The molecular weight excluding hydrogens is 399 g/mol. The van der Waals surface area contributed by atoms with Crippen LogP contribution in [0.4, 0.5) is 0 Å². The van der Waals surface area contributed by atoms with Gasteiger partial charge in [-0.1, -0.05) is 11.6 Å². The standard InChI is InChI=1S/C17H25ClN2O4S.ClH/c1-12-8-15(4-6-19-12)20-25(21,22)17-9-14(18)2-3-16(17)24-11-13-5-7-23-10-13;/h2-3,9,12-13,15,19-20H,4-8,10-11H2,1H3;1H.